The van der Waals surface area contributed by atoms with Gasteiger partial charge in [0.25, 0.3) is 0 Å². The van der Waals surface area contributed by atoms with E-state index in [0.717, 1.165) is 5.69 Å². The van der Waals surface area contributed by atoms with Gasteiger partial charge < -0.3 is 5.21 Å². The Labute approximate surface area is 58.2 Å². The van der Waals surface area contributed by atoms with Crippen molar-refractivity contribution in [3.8, 4) is 0 Å². The zero-order valence-corrected chi connectivity index (χ0v) is 5.31. The zero-order chi connectivity index (χ0) is 7.23. The molecule has 1 aromatic rings. The zero-order valence-electron chi connectivity index (χ0n) is 5.31. The molecule has 0 fully saturated rings. The lowest BCUT2D eigenvalue weighted by Gasteiger charge is -1.89. The summed E-state index contributed by atoms with van der Waals surface area (Å²) in [7, 11) is 0. The van der Waals surface area contributed by atoms with Crippen LogP contribution < -0.4 is 0 Å². The van der Waals surface area contributed by atoms with Crippen molar-refractivity contribution >= 4 is 6.21 Å². The van der Waals surface area contributed by atoms with E-state index in [1.807, 2.05) is 0 Å². The molecule has 0 saturated carbocycles. The first kappa shape index (κ1) is 6.67. The number of nitrogens with zero attached hydrogens (tertiary/aromatic N) is 3. The van der Waals surface area contributed by atoms with Crippen LogP contribution in [-0.4, -0.2) is 21.4 Å². The van der Waals surface area contributed by atoms with E-state index in [2.05, 4.69) is 15.1 Å². The van der Waals surface area contributed by atoms with Gasteiger partial charge in [0, 0.05) is 31.2 Å². The van der Waals surface area contributed by atoms with Crippen molar-refractivity contribution in [1.82, 2.24) is 9.97 Å². The minimum Gasteiger partial charge on any atom is -0.411 e. The molecule has 4 nitrogen and oxygen atoms in total. The molecule has 10 heavy (non-hydrogen) atoms. The average molecular weight is 137 g/mol. The van der Waals surface area contributed by atoms with Gasteiger partial charge in [-0.3, -0.25) is 9.97 Å². The SMILES string of the molecule is ON=CCc1cnccn1. The Hall–Kier alpha value is -1.45. The van der Waals surface area contributed by atoms with Gasteiger partial charge in [0.15, 0.2) is 0 Å². The van der Waals surface area contributed by atoms with Crippen LogP contribution in [0.2, 0.25) is 0 Å². The second kappa shape index (κ2) is 3.55. The average Bonchev–Trinajstić information content (AvgIpc) is 2.03. The van der Waals surface area contributed by atoms with E-state index >= 15 is 0 Å². The van der Waals surface area contributed by atoms with Gasteiger partial charge in [0.05, 0.1) is 5.69 Å². The highest BCUT2D eigenvalue weighted by Gasteiger charge is 1.87. The van der Waals surface area contributed by atoms with Gasteiger partial charge in [-0.05, 0) is 0 Å². The quantitative estimate of drug-likeness (QED) is 0.366. The predicted molar refractivity (Wildman–Crippen MR) is 36.0 cm³/mol. The van der Waals surface area contributed by atoms with Crippen molar-refractivity contribution < 1.29 is 5.21 Å². The van der Waals surface area contributed by atoms with Gasteiger partial charge in [0.2, 0.25) is 0 Å². The predicted octanol–water partition coefficient (Wildman–Crippen LogP) is 0.479. The van der Waals surface area contributed by atoms with Gasteiger partial charge in [0.1, 0.15) is 0 Å². The maximum atomic E-state index is 8.05. The summed E-state index contributed by atoms with van der Waals surface area (Å²) < 4.78 is 0. The van der Waals surface area contributed by atoms with Crippen molar-refractivity contribution in [2.75, 3.05) is 0 Å². The number of oxime groups is 1. The van der Waals surface area contributed by atoms with Gasteiger partial charge >= 0.3 is 0 Å². The summed E-state index contributed by atoms with van der Waals surface area (Å²) in [6.45, 7) is 0. The molecule has 0 atom stereocenters. The Kier molecular flexibility index (Phi) is 2.37. The van der Waals surface area contributed by atoms with E-state index in [1.54, 1.807) is 18.6 Å². The summed E-state index contributed by atoms with van der Waals surface area (Å²) in [5.74, 6) is 0. The maximum absolute atomic E-state index is 8.05. The van der Waals surface area contributed by atoms with Crippen molar-refractivity contribution in [1.29, 1.82) is 0 Å². The van der Waals surface area contributed by atoms with Crippen LogP contribution in [-0.2, 0) is 6.42 Å². The van der Waals surface area contributed by atoms with E-state index < -0.39 is 0 Å². The number of hydrogen-bond acceptors (Lipinski definition) is 4. The fourth-order valence-electron chi connectivity index (χ4n) is 0.570. The van der Waals surface area contributed by atoms with Crippen LogP contribution in [0.5, 0.6) is 0 Å². The molecule has 4 heteroatoms. The highest BCUT2D eigenvalue weighted by atomic mass is 16.4. The largest absolute Gasteiger partial charge is 0.411 e. The second-order valence-corrected chi connectivity index (χ2v) is 1.70. The molecule has 0 unspecified atom stereocenters. The molecular weight excluding hydrogens is 130 g/mol. The molecule has 0 aliphatic carbocycles. The van der Waals surface area contributed by atoms with Crippen molar-refractivity contribution in [3.63, 3.8) is 0 Å². The molecule has 0 bridgehead atoms. The van der Waals surface area contributed by atoms with Gasteiger partial charge in [-0.15, -0.1) is 5.16 Å². The van der Waals surface area contributed by atoms with Crippen LogP contribution in [0.1, 0.15) is 5.69 Å². The molecule has 0 aromatic carbocycles. The van der Waals surface area contributed by atoms with E-state index in [1.165, 1.54) is 6.21 Å². The molecule has 0 saturated heterocycles. The van der Waals surface area contributed by atoms with Crippen LogP contribution in [0.3, 0.4) is 0 Å². The minimum absolute atomic E-state index is 0.518. The molecule has 0 spiro atoms. The summed E-state index contributed by atoms with van der Waals surface area (Å²) in [6, 6.07) is 0. The molecule has 0 aliphatic rings. The number of hydrogen-bond donors (Lipinski definition) is 1. The lowest BCUT2D eigenvalue weighted by Crippen LogP contribution is -1.90. The topological polar surface area (TPSA) is 58.4 Å². The molecule has 0 radical (unpaired) electrons. The summed E-state index contributed by atoms with van der Waals surface area (Å²) >= 11 is 0. The Morgan fingerprint density at radius 2 is 2.50 bits per heavy atom. The van der Waals surface area contributed by atoms with E-state index in [9.17, 15) is 0 Å². The lowest BCUT2D eigenvalue weighted by molar-refractivity contribution is 0.320. The van der Waals surface area contributed by atoms with Crippen LogP contribution >= 0.6 is 0 Å². The van der Waals surface area contributed by atoms with E-state index in [-0.39, 0.29) is 0 Å². The Morgan fingerprint density at radius 1 is 1.60 bits per heavy atom. The summed E-state index contributed by atoms with van der Waals surface area (Å²) in [5, 5.41) is 10.9. The molecule has 1 N–H and O–H groups in total. The second-order valence-electron chi connectivity index (χ2n) is 1.70. The molecular formula is C6H7N3O. The summed E-state index contributed by atoms with van der Waals surface area (Å²) in [5.41, 5.74) is 0.792. The smallest absolute Gasteiger partial charge is 0.0641 e. The van der Waals surface area contributed by atoms with Crippen LogP contribution in [0.15, 0.2) is 23.7 Å². The van der Waals surface area contributed by atoms with Crippen molar-refractivity contribution in [2.24, 2.45) is 5.16 Å². The third kappa shape index (κ3) is 1.81. The fourth-order valence-corrected chi connectivity index (χ4v) is 0.570. The van der Waals surface area contributed by atoms with Crippen LogP contribution in [0, 0.1) is 0 Å². The number of rotatable bonds is 2. The summed E-state index contributed by atoms with van der Waals surface area (Å²) in [4.78, 5) is 7.78. The first-order valence-corrected chi connectivity index (χ1v) is 2.84. The standard InChI is InChI=1S/C6H7N3O/c10-9-2-1-6-5-7-3-4-8-6/h2-5,10H,1H2. The third-order valence-corrected chi connectivity index (χ3v) is 0.999. The molecule has 52 valence electrons. The summed E-state index contributed by atoms with van der Waals surface area (Å²) in [6.07, 6.45) is 6.70. The number of aromatic nitrogens is 2. The minimum atomic E-state index is 0.518. The van der Waals surface area contributed by atoms with Gasteiger partial charge in [-0.2, -0.15) is 0 Å². The van der Waals surface area contributed by atoms with Crippen molar-refractivity contribution in [3.05, 3.63) is 24.3 Å². The van der Waals surface area contributed by atoms with E-state index in [0.29, 0.717) is 6.42 Å². The molecule has 1 rings (SSSR count). The maximum Gasteiger partial charge on any atom is 0.0641 e. The van der Waals surface area contributed by atoms with Crippen LogP contribution in [0.4, 0.5) is 0 Å². The van der Waals surface area contributed by atoms with Gasteiger partial charge in [-0.25, -0.2) is 0 Å². The highest BCUT2D eigenvalue weighted by Crippen LogP contribution is 1.87. The van der Waals surface area contributed by atoms with Crippen molar-refractivity contribution in [2.45, 2.75) is 6.42 Å². The first-order valence-electron chi connectivity index (χ1n) is 2.84. The van der Waals surface area contributed by atoms with Gasteiger partial charge in [-0.1, -0.05) is 0 Å². The first-order chi connectivity index (χ1) is 4.93. The lowest BCUT2D eigenvalue weighted by atomic mass is 10.3. The fraction of sp³-hybridized carbons (Fsp3) is 0.167. The highest BCUT2D eigenvalue weighted by molar-refractivity contribution is 5.59. The van der Waals surface area contributed by atoms with Crippen LogP contribution in [0.25, 0.3) is 0 Å². The Balaban J connectivity index is 2.59. The molecule has 1 heterocycles. The molecule has 0 amide bonds. The normalized spacial score (nSPS) is 10.4. The monoisotopic (exact) mass is 137 g/mol. The molecule has 0 aliphatic heterocycles. The Morgan fingerprint density at radius 3 is 3.10 bits per heavy atom. The third-order valence-electron chi connectivity index (χ3n) is 0.999. The molecule has 1 aromatic heterocycles. The van der Waals surface area contributed by atoms with E-state index in [4.69, 9.17) is 5.21 Å². The Bertz CT molecular complexity index is 209.